The Bertz CT molecular complexity index is 851. The smallest absolute Gasteiger partial charge is 0.259 e. The van der Waals surface area contributed by atoms with Crippen LogP contribution in [0, 0.1) is 11.6 Å². The molecule has 2 heterocycles. The van der Waals surface area contributed by atoms with Crippen molar-refractivity contribution in [3.63, 3.8) is 0 Å². The Morgan fingerprint density at radius 3 is 2.50 bits per heavy atom. The van der Waals surface area contributed by atoms with Crippen LogP contribution in [0.3, 0.4) is 0 Å². The molecule has 2 N–H and O–H groups in total. The Labute approximate surface area is 139 Å². The SMILES string of the molecule is O=C(Nc1nc(-c2ccncc2)cs1)C(O)c1c(F)cccc1F. The molecule has 0 fully saturated rings. The lowest BCUT2D eigenvalue weighted by atomic mass is 10.1. The second kappa shape index (κ2) is 6.81. The summed E-state index contributed by atoms with van der Waals surface area (Å²) in [6, 6.07) is 6.61. The Hall–Kier alpha value is -2.71. The number of aliphatic hydroxyl groups excluding tert-OH is 1. The zero-order valence-electron chi connectivity index (χ0n) is 12.1. The number of hydrogen-bond acceptors (Lipinski definition) is 5. The molecular weight excluding hydrogens is 336 g/mol. The number of benzene rings is 1. The van der Waals surface area contributed by atoms with Crippen LogP contribution in [0.2, 0.25) is 0 Å². The van der Waals surface area contributed by atoms with Gasteiger partial charge < -0.3 is 5.11 Å². The molecule has 1 aromatic carbocycles. The first-order valence-electron chi connectivity index (χ1n) is 6.85. The number of thiazole rings is 1. The molecule has 24 heavy (non-hydrogen) atoms. The van der Waals surface area contributed by atoms with Gasteiger partial charge in [0.25, 0.3) is 5.91 Å². The lowest BCUT2D eigenvalue weighted by Crippen LogP contribution is -2.22. The number of halogens is 2. The number of rotatable bonds is 4. The normalized spacial score (nSPS) is 12.0. The lowest BCUT2D eigenvalue weighted by molar-refractivity contribution is -0.124. The van der Waals surface area contributed by atoms with Crippen LogP contribution in [0.5, 0.6) is 0 Å². The van der Waals surface area contributed by atoms with E-state index in [2.05, 4.69) is 15.3 Å². The molecule has 0 aliphatic rings. The molecule has 0 saturated heterocycles. The van der Waals surface area contributed by atoms with E-state index in [-0.39, 0.29) is 5.13 Å². The summed E-state index contributed by atoms with van der Waals surface area (Å²) in [5.41, 5.74) is 0.729. The highest BCUT2D eigenvalue weighted by molar-refractivity contribution is 7.14. The van der Waals surface area contributed by atoms with Gasteiger partial charge in [-0.2, -0.15) is 0 Å². The van der Waals surface area contributed by atoms with Crippen LogP contribution in [0.4, 0.5) is 13.9 Å². The minimum Gasteiger partial charge on any atom is -0.378 e. The summed E-state index contributed by atoms with van der Waals surface area (Å²) in [7, 11) is 0. The van der Waals surface area contributed by atoms with E-state index in [9.17, 15) is 18.7 Å². The zero-order valence-corrected chi connectivity index (χ0v) is 12.9. The molecule has 0 aliphatic heterocycles. The van der Waals surface area contributed by atoms with Gasteiger partial charge in [-0.25, -0.2) is 13.8 Å². The van der Waals surface area contributed by atoms with E-state index in [1.54, 1.807) is 29.9 Å². The highest BCUT2D eigenvalue weighted by Gasteiger charge is 2.25. The largest absolute Gasteiger partial charge is 0.378 e. The van der Waals surface area contributed by atoms with Crippen LogP contribution < -0.4 is 5.32 Å². The molecule has 3 rings (SSSR count). The molecular formula is C16H11F2N3O2S. The first kappa shape index (κ1) is 16.2. The molecule has 5 nitrogen and oxygen atoms in total. The third-order valence-electron chi connectivity index (χ3n) is 3.23. The van der Waals surface area contributed by atoms with Crippen molar-refractivity contribution >= 4 is 22.4 Å². The summed E-state index contributed by atoms with van der Waals surface area (Å²) in [6.45, 7) is 0. The van der Waals surface area contributed by atoms with Gasteiger partial charge >= 0.3 is 0 Å². The molecule has 0 aliphatic carbocycles. The Morgan fingerprint density at radius 1 is 1.17 bits per heavy atom. The third kappa shape index (κ3) is 3.29. The molecule has 2 aromatic heterocycles. The first-order chi connectivity index (χ1) is 11.6. The molecule has 1 atom stereocenters. The number of aliphatic hydroxyl groups is 1. The van der Waals surface area contributed by atoms with Crippen LogP contribution in [0.15, 0.2) is 48.1 Å². The van der Waals surface area contributed by atoms with E-state index in [0.29, 0.717) is 5.69 Å². The molecule has 0 saturated carbocycles. The van der Waals surface area contributed by atoms with Crippen molar-refractivity contribution in [2.75, 3.05) is 5.32 Å². The number of pyridine rings is 1. The van der Waals surface area contributed by atoms with E-state index < -0.39 is 29.2 Å². The van der Waals surface area contributed by atoms with Gasteiger partial charge in [0, 0.05) is 23.3 Å². The predicted octanol–water partition coefficient (Wildman–Crippen LogP) is 3.16. The molecule has 122 valence electrons. The first-order valence-corrected chi connectivity index (χ1v) is 7.73. The second-order valence-electron chi connectivity index (χ2n) is 4.80. The lowest BCUT2D eigenvalue weighted by Gasteiger charge is -2.11. The third-order valence-corrected chi connectivity index (χ3v) is 3.99. The number of carbonyl (C=O) groups is 1. The second-order valence-corrected chi connectivity index (χ2v) is 5.66. The minimum atomic E-state index is -1.97. The van der Waals surface area contributed by atoms with E-state index >= 15 is 0 Å². The minimum absolute atomic E-state index is 0.211. The number of carbonyl (C=O) groups excluding carboxylic acids is 1. The fraction of sp³-hybridized carbons (Fsp3) is 0.0625. The van der Waals surface area contributed by atoms with E-state index in [1.807, 2.05) is 0 Å². The average molecular weight is 347 g/mol. The fourth-order valence-corrected chi connectivity index (χ4v) is 2.79. The summed E-state index contributed by atoms with van der Waals surface area (Å²) in [6.07, 6.45) is 1.24. The summed E-state index contributed by atoms with van der Waals surface area (Å²) in [4.78, 5) is 20.1. The zero-order chi connectivity index (χ0) is 17.1. The maximum atomic E-state index is 13.6. The van der Waals surface area contributed by atoms with Crippen molar-refractivity contribution in [1.29, 1.82) is 0 Å². The maximum absolute atomic E-state index is 13.6. The number of aromatic nitrogens is 2. The van der Waals surface area contributed by atoms with Crippen LogP contribution in [0.25, 0.3) is 11.3 Å². The standard InChI is InChI=1S/C16H11F2N3O2S/c17-10-2-1-3-11(18)13(10)14(22)15(23)21-16-20-12(8-24-16)9-4-6-19-7-5-9/h1-8,14,22H,(H,20,21,23). The van der Waals surface area contributed by atoms with Crippen molar-refractivity contribution in [1.82, 2.24) is 9.97 Å². The summed E-state index contributed by atoms with van der Waals surface area (Å²) in [5.74, 6) is -2.95. The number of nitrogens with zero attached hydrogens (tertiary/aromatic N) is 2. The van der Waals surface area contributed by atoms with Gasteiger partial charge in [-0.1, -0.05) is 6.07 Å². The van der Waals surface area contributed by atoms with Gasteiger partial charge in [0.15, 0.2) is 11.2 Å². The number of amides is 1. The van der Waals surface area contributed by atoms with Crippen molar-refractivity contribution in [2.45, 2.75) is 6.10 Å². The summed E-state index contributed by atoms with van der Waals surface area (Å²) >= 11 is 1.13. The molecule has 0 bridgehead atoms. The molecule has 8 heteroatoms. The fourth-order valence-electron chi connectivity index (χ4n) is 2.06. The summed E-state index contributed by atoms with van der Waals surface area (Å²) < 4.78 is 27.3. The Balaban J connectivity index is 1.77. The molecule has 0 spiro atoms. The van der Waals surface area contributed by atoms with Crippen LogP contribution >= 0.6 is 11.3 Å². The van der Waals surface area contributed by atoms with Crippen LogP contribution in [0.1, 0.15) is 11.7 Å². The van der Waals surface area contributed by atoms with Gasteiger partial charge in [-0.3, -0.25) is 15.1 Å². The van der Waals surface area contributed by atoms with E-state index in [1.165, 1.54) is 0 Å². The van der Waals surface area contributed by atoms with Crippen molar-refractivity contribution in [3.05, 3.63) is 65.3 Å². The molecule has 0 radical (unpaired) electrons. The number of nitrogens with one attached hydrogen (secondary N) is 1. The van der Waals surface area contributed by atoms with Gasteiger partial charge in [0.2, 0.25) is 0 Å². The van der Waals surface area contributed by atoms with Gasteiger partial charge in [-0.15, -0.1) is 11.3 Å². The number of anilines is 1. The van der Waals surface area contributed by atoms with Crippen LogP contribution in [-0.4, -0.2) is 21.0 Å². The quantitative estimate of drug-likeness (QED) is 0.760. The maximum Gasteiger partial charge on any atom is 0.259 e. The predicted molar refractivity (Wildman–Crippen MR) is 85.3 cm³/mol. The van der Waals surface area contributed by atoms with Gasteiger partial charge in [0.1, 0.15) is 11.6 Å². The highest BCUT2D eigenvalue weighted by Crippen LogP contribution is 2.26. The molecule has 1 amide bonds. The van der Waals surface area contributed by atoms with E-state index in [0.717, 1.165) is 35.1 Å². The van der Waals surface area contributed by atoms with Crippen molar-refractivity contribution in [2.24, 2.45) is 0 Å². The van der Waals surface area contributed by atoms with Gasteiger partial charge in [-0.05, 0) is 24.3 Å². The Morgan fingerprint density at radius 2 is 1.83 bits per heavy atom. The van der Waals surface area contributed by atoms with Gasteiger partial charge in [0.05, 0.1) is 11.3 Å². The number of hydrogen-bond donors (Lipinski definition) is 2. The van der Waals surface area contributed by atoms with Crippen LogP contribution in [-0.2, 0) is 4.79 Å². The van der Waals surface area contributed by atoms with Crippen molar-refractivity contribution in [3.8, 4) is 11.3 Å². The topological polar surface area (TPSA) is 75.1 Å². The monoisotopic (exact) mass is 347 g/mol. The highest BCUT2D eigenvalue weighted by atomic mass is 32.1. The Kier molecular flexibility index (Phi) is 4.59. The average Bonchev–Trinajstić information content (AvgIpc) is 3.04. The molecule has 3 aromatic rings. The molecule has 1 unspecified atom stereocenters. The van der Waals surface area contributed by atoms with Crippen molar-refractivity contribution < 1.29 is 18.7 Å². The van der Waals surface area contributed by atoms with E-state index in [4.69, 9.17) is 0 Å². The summed E-state index contributed by atoms with van der Waals surface area (Å²) in [5, 5.41) is 14.2.